The second-order valence-electron chi connectivity index (χ2n) is 3.49. The Hall–Kier alpha value is -1.78. The largest absolute Gasteiger partial charge is 0.487 e. The molecule has 1 amide bonds. The van der Waals surface area contributed by atoms with Crippen LogP contribution in [0.25, 0.3) is 0 Å². The van der Waals surface area contributed by atoms with Crippen molar-refractivity contribution in [3.63, 3.8) is 0 Å². The highest BCUT2D eigenvalue weighted by molar-refractivity contribution is 5.99. The smallest absolute Gasteiger partial charge is 0.252 e. The molecule has 0 aromatic carbocycles. The monoisotopic (exact) mass is 207 g/mol. The molecule has 0 radical (unpaired) electrons. The van der Waals surface area contributed by atoms with Crippen molar-refractivity contribution < 1.29 is 9.53 Å². The minimum absolute atomic E-state index is 0.266. The summed E-state index contributed by atoms with van der Waals surface area (Å²) in [4.78, 5) is 15.1. The minimum Gasteiger partial charge on any atom is -0.487 e. The zero-order valence-electron chi connectivity index (χ0n) is 8.49. The van der Waals surface area contributed by atoms with Crippen LogP contribution < -0.4 is 15.8 Å². The number of anilines is 1. The molecule has 0 aliphatic heterocycles. The Labute approximate surface area is 87.6 Å². The molecular formula is C10H13N3O2. The highest BCUT2D eigenvalue weighted by Gasteiger charge is 2.25. The molecule has 3 N–H and O–H groups in total. The van der Waals surface area contributed by atoms with Crippen LogP contribution in [-0.2, 0) is 0 Å². The summed E-state index contributed by atoms with van der Waals surface area (Å²) in [6, 6.07) is 0. The number of nitrogens with two attached hydrogens (primary N) is 1. The molecule has 1 aliphatic rings. The molecule has 1 aliphatic carbocycles. The minimum atomic E-state index is -0.506. The van der Waals surface area contributed by atoms with Crippen molar-refractivity contribution >= 4 is 11.6 Å². The van der Waals surface area contributed by atoms with E-state index in [2.05, 4.69) is 10.3 Å². The molecule has 5 heteroatoms. The van der Waals surface area contributed by atoms with Crippen LogP contribution in [0.3, 0.4) is 0 Å². The van der Waals surface area contributed by atoms with Crippen LogP contribution in [0.4, 0.5) is 5.69 Å². The van der Waals surface area contributed by atoms with Gasteiger partial charge >= 0.3 is 0 Å². The zero-order valence-corrected chi connectivity index (χ0v) is 8.49. The zero-order chi connectivity index (χ0) is 10.8. The van der Waals surface area contributed by atoms with Crippen molar-refractivity contribution in [1.29, 1.82) is 0 Å². The molecule has 2 rings (SSSR count). The average Bonchev–Trinajstić information content (AvgIpc) is 3.01. The number of carbonyl (C=O) groups is 1. The number of nitrogens with one attached hydrogen (secondary N) is 1. The number of hydrogen-bond donors (Lipinski definition) is 2. The van der Waals surface area contributed by atoms with Gasteiger partial charge in [0, 0.05) is 13.2 Å². The van der Waals surface area contributed by atoms with E-state index in [0.717, 1.165) is 12.8 Å². The maximum absolute atomic E-state index is 11.1. The lowest BCUT2D eigenvalue weighted by atomic mass is 10.2. The number of ether oxygens (including phenoxy) is 1. The first-order valence-electron chi connectivity index (χ1n) is 4.84. The van der Waals surface area contributed by atoms with E-state index >= 15 is 0 Å². The Morgan fingerprint density at radius 3 is 2.87 bits per heavy atom. The fourth-order valence-electron chi connectivity index (χ4n) is 1.34. The van der Waals surface area contributed by atoms with Gasteiger partial charge in [0.2, 0.25) is 0 Å². The van der Waals surface area contributed by atoms with Gasteiger partial charge in [0.1, 0.15) is 0 Å². The van der Waals surface area contributed by atoms with Gasteiger partial charge in [-0.15, -0.1) is 0 Å². The van der Waals surface area contributed by atoms with E-state index in [1.807, 2.05) is 0 Å². The Morgan fingerprint density at radius 1 is 1.60 bits per heavy atom. The normalized spacial score (nSPS) is 14.7. The quantitative estimate of drug-likeness (QED) is 0.764. The van der Waals surface area contributed by atoms with E-state index in [4.69, 9.17) is 10.5 Å². The third-order valence-corrected chi connectivity index (χ3v) is 2.24. The number of carbonyl (C=O) groups excluding carboxylic acids is 1. The molecule has 0 spiro atoms. The highest BCUT2D eigenvalue weighted by Crippen LogP contribution is 2.32. The van der Waals surface area contributed by atoms with Gasteiger partial charge in [-0.3, -0.25) is 9.78 Å². The van der Waals surface area contributed by atoms with Crippen LogP contribution in [0.1, 0.15) is 23.2 Å². The first-order valence-corrected chi connectivity index (χ1v) is 4.84. The molecule has 1 fully saturated rings. The molecule has 1 aromatic heterocycles. The van der Waals surface area contributed by atoms with Crippen LogP contribution >= 0.6 is 0 Å². The molecule has 0 atom stereocenters. The lowest BCUT2D eigenvalue weighted by molar-refractivity contribution is 0.1000. The van der Waals surface area contributed by atoms with E-state index in [-0.39, 0.29) is 6.10 Å². The lowest BCUT2D eigenvalue weighted by Gasteiger charge is -2.12. The van der Waals surface area contributed by atoms with Crippen LogP contribution in [0.15, 0.2) is 12.4 Å². The summed E-state index contributed by atoms with van der Waals surface area (Å²) in [5, 5.41) is 2.91. The molecule has 1 saturated carbocycles. The lowest BCUT2D eigenvalue weighted by Crippen LogP contribution is -2.15. The molecule has 80 valence electrons. The molecule has 1 heterocycles. The van der Waals surface area contributed by atoms with Gasteiger partial charge in [0.05, 0.1) is 23.6 Å². The maximum atomic E-state index is 11.1. The molecule has 0 unspecified atom stereocenters. The predicted octanol–water partition coefficient (Wildman–Crippen LogP) is 0.763. The summed E-state index contributed by atoms with van der Waals surface area (Å²) >= 11 is 0. The molecule has 0 bridgehead atoms. The topological polar surface area (TPSA) is 77.2 Å². The van der Waals surface area contributed by atoms with E-state index in [9.17, 15) is 4.79 Å². The van der Waals surface area contributed by atoms with Crippen molar-refractivity contribution in [3.05, 3.63) is 18.0 Å². The first-order chi connectivity index (χ1) is 7.22. The van der Waals surface area contributed by atoms with Crippen LogP contribution in [0.5, 0.6) is 5.75 Å². The summed E-state index contributed by atoms with van der Waals surface area (Å²) in [7, 11) is 1.72. The van der Waals surface area contributed by atoms with Gasteiger partial charge in [0.15, 0.2) is 5.75 Å². The average molecular weight is 207 g/mol. The maximum Gasteiger partial charge on any atom is 0.252 e. The number of rotatable bonds is 4. The van der Waals surface area contributed by atoms with Gasteiger partial charge in [-0.1, -0.05) is 0 Å². The second kappa shape index (κ2) is 3.76. The number of nitrogens with zero attached hydrogens (tertiary/aromatic N) is 1. The van der Waals surface area contributed by atoms with Gasteiger partial charge in [-0.05, 0) is 12.8 Å². The summed E-state index contributed by atoms with van der Waals surface area (Å²) in [5.41, 5.74) is 6.20. The van der Waals surface area contributed by atoms with E-state index in [0.29, 0.717) is 17.0 Å². The number of primary amides is 1. The molecular weight excluding hydrogens is 194 g/mol. The van der Waals surface area contributed by atoms with E-state index in [1.54, 1.807) is 13.2 Å². The fourth-order valence-corrected chi connectivity index (χ4v) is 1.34. The predicted molar refractivity (Wildman–Crippen MR) is 56.0 cm³/mol. The Morgan fingerprint density at radius 2 is 2.33 bits per heavy atom. The van der Waals surface area contributed by atoms with E-state index < -0.39 is 5.91 Å². The van der Waals surface area contributed by atoms with Gasteiger partial charge in [-0.2, -0.15) is 0 Å². The van der Waals surface area contributed by atoms with Gasteiger partial charge < -0.3 is 15.8 Å². The molecule has 0 saturated heterocycles. The van der Waals surface area contributed by atoms with Crippen LogP contribution in [0, 0.1) is 0 Å². The van der Waals surface area contributed by atoms with Crippen molar-refractivity contribution in [2.75, 3.05) is 12.4 Å². The Kier molecular flexibility index (Phi) is 2.45. The molecule has 1 aromatic rings. The van der Waals surface area contributed by atoms with Gasteiger partial charge in [-0.25, -0.2) is 0 Å². The number of pyridine rings is 1. The second-order valence-corrected chi connectivity index (χ2v) is 3.49. The third kappa shape index (κ3) is 2.01. The van der Waals surface area contributed by atoms with E-state index in [1.165, 1.54) is 6.20 Å². The molecule has 15 heavy (non-hydrogen) atoms. The number of aromatic nitrogens is 1. The highest BCUT2D eigenvalue weighted by atomic mass is 16.5. The van der Waals surface area contributed by atoms with Crippen molar-refractivity contribution in [2.24, 2.45) is 5.73 Å². The standard InChI is InChI=1S/C10H13N3O2/c1-12-9-7(10(11)14)4-13-5-8(9)15-6-2-3-6/h4-6H,2-3H2,1H3,(H2,11,14)(H,12,13). The summed E-state index contributed by atoms with van der Waals surface area (Å²) in [5.74, 6) is 0.0874. The third-order valence-electron chi connectivity index (χ3n) is 2.24. The van der Waals surface area contributed by atoms with Crippen LogP contribution in [-0.4, -0.2) is 24.0 Å². The number of amides is 1. The van der Waals surface area contributed by atoms with Crippen molar-refractivity contribution in [3.8, 4) is 5.75 Å². The van der Waals surface area contributed by atoms with Gasteiger partial charge in [0.25, 0.3) is 5.91 Å². The summed E-state index contributed by atoms with van der Waals surface area (Å²) < 4.78 is 5.61. The fraction of sp³-hybridized carbons (Fsp3) is 0.400. The Bertz CT molecular complexity index is 388. The van der Waals surface area contributed by atoms with Crippen molar-refractivity contribution in [1.82, 2.24) is 4.98 Å². The first kappa shape index (κ1) is 9.76. The summed E-state index contributed by atoms with van der Waals surface area (Å²) in [6.07, 6.45) is 5.42. The number of hydrogen-bond acceptors (Lipinski definition) is 4. The SMILES string of the molecule is CNc1c(OC2CC2)cncc1C(N)=O. The summed E-state index contributed by atoms with van der Waals surface area (Å²) in [6.45, 7) is 0. The molecule has 5 nitrogen and oxygen atoms in total. The Balaban J connectivity index is 2.34. The van der Waals surface area contributed by atoms with Crippen LogP contribution in [0.2, 0.25) is 0 Å². The van der Waals surface area contributed by atoms with Crippen molar-refractivity contribution in [2.45, 2.75) is 18.9 Å².